The first-order valence-corrected chi connectivity index (χ1v) is 7.31. The molecule has 2 aromatic carbocycles. The highest BCUT2D eigenvalue weighted by atomic mass is 35.5. The van der Waals surface area contributed by atoms with Crippen molar-refractivity contribution < 1.29 is 9.18 Å². The lowest BCUT2D eigenvalue weighted by Gasteiger charge is -2.40. The second kappa shape index (κ2) is 5.49. The third kappa shape index (κ3) is 2.66. The van der Waals surface area contributed by atoms with Gasteiger partial charge in [0.05, 0.1) is 5.41 Å². The van der Waals surface area contributed by atoms with Crippen LogP contribution in [0.15, 0.2) is 48.5 Å². The summed E-state index contributed by atoms with van der Waals surface area (Å²) in [6, 6.07) is 13.4. The maximum absolute atomic E-state index is 13.2. The zero-order chi connectivity index (χ0) is 14.9. The Morgan fingerprint density at radius 2 is 1.90 bits per heavy atom. The minimum Gasteiger partial charge on any atom is -0.325 e. The van der Waals surface area contributed by atoms with Gasteiger partial charge in [-0.25, -0.2) is 4.39 Å². The maximum Gasteiger partial charge on any atom is 0.235 e. The summed E-state index contributed by atoms with van der Waals surface area (Å²) in [5.74, 6) is -0.458. The van der Waals surface area contributed by atoms with Gasteiger partial charge in [-0.3, -0.25) is 4.79 Å². The van der Waals surface area contributed by atoms with Gasteiger partial charge in [-0.05, 0) is 48.7 Å². The molecule has 0 bridgehead atoms. The van der Waals surface area contributed by atoms with Crippen molar-refractivity contribution in [1.29, 1.82) is 0 Å². The standard InChI is InChI=1S/C17H15ClFNO/c18-13-5-1-4-12(10-13)17(8-3-9-17)16(21)20-15-7-2-6-14(19)11-15/h1-2,4-7,10-11H,3,8-9H2,(H,20,21). The molecule has 2 nitrogen and oxygen atoms in total. The second-order valence-corrected chi connectivity index (χ2v) is 5.85. The van der Waals surface area contributed by atoms with Crippen LogP contribution in [0, 0.1) is 5.82 Å². The average molecular weight is 304 g/mol. The molecule has 0 saturated heterocycles. The van der Waals surface area contributed by atoms with Gasteiger partial charge in [0.2, 0.25) is 5.91 Å². The molecule has 0 heterocycles. The number of hydrogen-bond acceptors (Lipinski definition) is 1. The number of halogens is 2. The first kappa shape index (κ1) is 14.1. The highest BCUT2D eigenvalue weighted by molar-refractivity contribution is 6.30. The first-order valence-electron chi connectivity index (χ1n) is 6.93. The summed E-state index contributed by atoms with van der Waals surface area (Å²) in [6.45, 7) is 0. The Morgan fingerprint density at radius 1 is 1.14 bits per heavy atom. The predicted molar refractivity (Wildman–Crippen MR) is 82.0 cm³/mol. The summed E-state index contributed by atoms with van der Waals surface area (Å²) in [7, 11) is 0. The second-order valence-electron chi connectivity index (χ2n) is 5.41. The maximum atomic E-state index is 13.2. The summed E-state index contributed by atoms with van der Waals surface area (Å²) in [5, 5.41) is 3.44. The zero-order valence-electron chi connectivity index (χ0n) is 11.4. The lowest BCUT2D eigenvalue weighted by Crippen LogP contribution is -2.46. The molecule has 0 radical (unpaired) electrons. The molecule has 1 amide bonds. The van der Waals surface area contributed by atoms with Crippen LogP contribution in [-0.2, 0) is 10.2 Å². The van der Waals surface area contributed by atoms with Crippen LogP contribution in [0.1, 0.15) is 24.8 Å². The summed E-state index contributed by atoms with van der Waals surface area (Å²) >= 11 is 6.04. The Bertz CT molecular complexity index is 682. The van der Waals surface area contributed by atoms with Gasteiger partial charge >= 0.3 is 0 Å². The number of carbonyl (C=O) groups excluding carboxylic acids is 1. The van der Waals surface area contributed by atoms with Crippen molar-refractivity contribution in [2.24, 2.45) is 0 Å². The number of amides is 1. The normalized spacial score (nSPS) is 16.1. The van der Waals surface area contributed by atoms with Gasteiger partial charge in [0.1, 0.15) is 5.82 Å². The minimum atomic E-state index is -0.544. The molecule has 0 aromatic heterocycles. The largest absolute Gasteiger partial charge is 0.325 e. The van der Waals surface area contributed by atoms with Gasteiger partial charge in [0, 0.05) is 10.7 Å². The van der Waals surface area contributed by atoms with Crippen LogP contribution in [0.3, 0.4) is 0 Å². The third-order valence-corrected chi connectivity index (χ3v) is 4.34. The van der Waals surface area contributed by atoms with E-state index in [2.05, 4.69) is 5.32 Å². The molecule has 21 heavy (non-hydrogen) atoms. The van der Waals surface area contributed by atoms with Crippen LogP contribution in [0.25, 0.3) is 0 Å². The van der Waals surface area contributed by atoms with E-state index in [9.17, 15) is 9.18 Å². The van der Waals surface area contributed by atoms with E-state index < -0.39 is 5.41 Å². The van der Waals surface area contributed by atoms with Gasteiger partial charge in [-0.15, -0.1) is 0 Å². The number of anilines is 1. The first-order chi connectivity index (χ1) is 10.1. The molecule has 4 heteroatoms. The molecule has 2 aromatic rings. The van der Waals surface area contributed by atoms with Crippen molar-refractivity contribution >= 4 is 23.2 Å². The molecule has 1 aliphatic rings. The predicted octanol–water partition coefficient (Wildman–Crippen LogP) is 4.54. The van der Waals surface area contributed by atoms with E-state index in [0.29, 0.717) is 10.7 Å². The molecule has 3 rings (SSSR count). The fraction of sp³-hybridized carbons (Fsp3) is 0.235. The fourth-order valence-corrected chi connectivity index (χ4v) is 2.97. The smallest absolute Gasteiger partial charge is 0.235 e. The molecule has 0 spiro atoms. The number of nitrogens with one attached hydrogen (secondary N) is 1. The Morgan fingerprint density at radius 3 is 2.52 bits per heavy atom. The summed E-state index contributed by atoms with van der Waals surface area (Å²) in [4.78, 5) is 12.7. The van der Waals surface area contributed by atoms with Gasteiger partial charge in [-0.1, -0.05) is 36.2 Å². The average Bonchev–Trinajstić information content (AvgIpc) is 2.37. The molecule has 1 aliphatic carbocycles. The van der Waals surface area contributed by atoms with Gasteiger partial charge < -0.3 is 5.32 Å². The third-order valence-electron chi connectivity index (χ3n) is 4.10. The van der Waals surface area contributed by atoms with Crippen LogP contribution in [0.5, 0.6) is 0 Å². The molecule has 0 aliphatic heterocycles. The summed E-state index contributed by atoms with van der Waals surface area (Å²) in [5.41, 5.74) is 0.862. The van der Waals surface area contributed by atoms with Crippen molar-refractivity contribution in [3.8, 4) is 0 Å². The Balaban J connectivity index is 1.87. The van der Waals surface area contributed by atoms with E-state index in [4.69, 9.17) is 11.6 Å². The van der Waals surface area contributed by atoms with E-state index in [1.54, 1.807) is 18.2 Å². The monoisotopic (exact) mass is 303 g/mol. The van der Waals surface area contributed by atoms with E-state index in [1.165, 1.54) is 12.1 Å². The van der Waals surface area contributed by atoms with E-state index in [0.717, 1.165) is 24.8 Å². The SMILES string of the molecule is O=C(Nc1cccc(F)c1)C1(c2cccc(Cl)c2)CCC1. The number of benzene rings is 2. The van der Waals surface area contributed by atoms with Crippen LogP contribution in [0.4, 0.5) is 10.1 Å². The van der Waals surface area contributed by atoms with Crippen LogP contribution < -0.4 is 5.32 Å². The molecule has 1 N–H and O–H groups in total. The Labute approximate surface area is 127 Å². The van der Waals surface area contributed by atoms with E-state index in [1.807, 2.05) is 18.2 Å². The zero-order valence-corrected chi connectivity index (χ0v) is 12.2. The van der Waals surface area contributed by atoms with Gasteiger partial charge in [0.25, 0.3) is 0 Å². The van der Waals surface area contributed by atoms with Crippen LogP contribution in [0.2, 0.25) is 5.02 Å². The molecule has 108 valence electrons. The van der Waals surface area contributed by atoms with Crippen molar-refractivity contribution in [2.75, 3.05) is 5.32 Å². The molecule has 0 unspecified atom stereocenters. The van der Waals surface area contributed by atoms with Crippen molar-refractivity contribution in [1.82, 2.24) is 0 Å². The molecular weight excluding hydrogens is 289 g/mol. The summed E-state index contributed by atoms with van der Waals surface area (Å²) in [6.07, 6.45) is 2.58. The molecule has 1 saturated carbocycles. The number of carbonyl (C=O) groups is 1. The van der Waals surface area contributed by atoms with Crippen molar-refractivity contribution in [2.45, 2.75) is 24.7 Å². The molecule has 0 atom stereocenters. The highest BCUT2D eigenvalue weighted by Crippen LogP contribution is 2.45. The van der Waals surface area contributed by atoms with Crippen molar-refractivity contribution in [3.63, 3.8) is 0 Å². The van der Waals surface area contributed by atoms with Gasteiger partial charge in [0.15, 0.2) is 0 Å². The topological polar surface area (TPSA) is 29.1 Å². The van der Waals surface area contributed by atoms with Gasteiger partial charge in [-0.2, -0.15) is 0 Å². The number of hydrogen-bond donors (Lipinski definition) is 1. The Kier molecular flexibility index (Phi) is 3.68. The molecular formula is C17H15ClFNO. The van der Waals surface area contributed by atoms with Crippen LogP contribution >= 0.6 is 11.6 Å². The quantitative estimate of drug-likeness (QED) is 0.886. The van der Waals surface area contributed by atoms with E-state index >= 15 is 0 Å². The Hall–Kier alpha value is -1.87. The lowest BCUT2D eigenvalue weighted by molar-refractivity contribution is -0.124. The number of rotatable bonds is 3. The van der Waals surface area contributed by atoms with E-state index in [-0.39, 0.29) is 11.7 Å². The van der Waals surface area contributed by atoms with Crippen LogP contribution in [-0.4, -0.2) is 5.91 Å². The minimum absolute atomic E-state index is 0.0957. The summed E-state index contributed by atoms with van der Waals surface area (Å²) < 4.78 is 13.2. The van der Waals surface area contributed by atoms with Crippen molar-refractivity contribution in [3.05, 3.63) is 64.9 Å². The lowest BCUT2D eigenvalue weighted by atomic mass is 9.64. The fourth-order valence-electron chi connectivity index (χ4n) is 2.78. The highest BCUT2D eigenvalue weighted by Gasteiger charge is 2.45. The molecule has 1 fully saturated rings.